The molecule has 0 saturated carbocycles. The summed E-state index contributed by atoms with van der Waals surface area (Å²) < 4.78 is 24.7. The molecule has 0 aliphatic carbocycles. The molecule has 0 aliphatic heterocycles. The Hall–Kier alpha value is -4.21. The average molecular weight is 440 g/mol. The van der Waals surface area contributed by atoms with Crippen LogP contribution in [0, 0.1) is 19.7 Å². The van der Waals surface area contributed by atoms with Crippen molar-refractivity contribution in [3.8, 4) is 5.69 Å². The molecule has 0 radical (unpaired) electrons. The average Bonchev–Trinajstić information content (AvgIpc) is 3.38. The Bertz CT molecular complexity index is 1130. The van der Waals surface area contributed by atoms with Crippen molar-refractivity contribution in [2.75, 3.05) is 6.61 Å². The van der Waals surface area contributed by atoms with Crippen LogP contribution in [0.5, 0.6) is 0 Å². The lowest BCUT2D eigenvalue weighted by Gasteiger charge is -2.05. The molecule has 3 amide bonds. The zero-order chi connectivity index (χ0) is 23.1. The maximum atomic E-state index is 13.1. The Kier molecular flexibility index (Phi) is 7.17. The third-order valence-electron chi connectivity index (χ3n) is 4.41. The number of amides is 3. The van der Waals surface area contributed by atoms with Crippen LogP contribution in [0.25, 0.3) is 11.8 Å². The van der Waals surface area contributed by atoms with Crippen molar-refractivity contribution in [3.05, 3.63) is 77.3 Å². The summed E-state index contributed by atoms with van der Waals surface area (Å²) in [5.41, 5.74) is 2.76. The van der Waals surface area contributed by atoms with E-state index in [0.29, 0.717) is 22.7 Å². The second kappa shape index (κ2) is 10.2. The van der Waals surface area contributed by atoms with Crippen LogP contribution in [0.1, 0.15) is 22.7 Å². The van der Waals surface area contributed by atoms with Gasteiger partial charge in [-0.15, -0.1) is 0 Å². The zero-order valence-corrected chi connectivity index (χ0v) is 17.4. The summed E-state index contributed by atoms with van der Waals surface area (Å²) in [6, 6.07) is 8.46. The highest BCUT2D eigenvalue weighted by Crippen LogP contribution is 2.19. The first-order chi connectivity index (χ1) is 15.3. The van der Waals surface area contributed by atoms with Gasteiger partial charge < -0.3 is 14.5 Å². The highest BCUT2D eigenvalue weighted by Gasteiger charge is 2.13. The normalized spacial score (nSPS) is 10.8. The number of carbonyl (C=O) groups excluding carboxylic acids is 3. The summed E-state index contributed by atoms with van der Waals surface area (Å²) in [4.78, 5) is 35.4. The van der Waals surface area contributed by atoms with Gasteiger partial charge in [-0.3, -0.25) is 10.1 Å². The first-order valence-electron chi connectivity index (χ1n) is 9.60. The molecule has 0 bridgehead atoms. The minimum absolute atomic E-state index is 0.110. The number of nitrogens with one attached hydrogen (secondary N) is 2. The SMILES string of the molecule is Cc1nn(-c2ccc(F)cc2)c(C)c1/C=C/C(=O)OCC(=O)NC(=O)NCc1ccco1. The van der Waals surface area contributed by atoms with Crippen molar-refractivity contribution in [2.45, 2.75) is 20.4 Å². The first kappa shape index (κ1) is 22.5. The summed E-state index contributed by atoms with van der Waals surface area (Å²) in [7, 11) is 0. The second-order valence-corrected chi connectivity index (χ2v) is 6.72. The maximum absolute atomic E-state index is 13.1. The zero-order valence-electron chi connectivity index (χ0n) is 17.4. The molecule has 0 atom stereocenters. The van der Waals surface area contributed by atoms with Crippen molar-refractivity contribution in [1.29, 1.82) is 0 Å². The molecule has 3 aromatic rings. The van der Waals surface area contributed by atoms with E-state index in [1.165, 1.54) is 24.5 Å². The quantitative estimate of drug-likeness (QED) is 0.431. The minimum atomic E-state index is -0.778. The molecular weight excluding hydrogens is 419 g/mol. The summed E-state index contributed by atoms with van der Waals surface area (Å²) in [6.07, 6.45) is 4.15. The van der Waals surface area contributed by atoms with Gasteiger partial charge in [0.05, 0.1) is 24.2 Å². The van der Waals surface area contributed by atoms with E-state index < -0.39 is 24.5 Å². The van der Waals surface area contributed by atoms with Gasteiger partial charge in [0.15, 0.2) is 6.61 Å². The Labute approximate surface area is 182 Å². The van der Waals surface area contributed by atoms with Crippen molar-refractivity contribution in [1.82, 2.24) is 20.4 Å². The molecule has 166 valence electrons. The maximum Gasteiger partial charge on any atom is 0.331 e. The standard InChI is InChI=1S/C22H21FN4O5/c1-14-19(15(2)27(26-14)17-7-5-16(23)6-8-17)9-10-21(29)32-13-20(28)25-22(30)24-12-18-4-3-11-31-18/h3-11H,12-13H2,1-2H3,(H2,24,25,28,30)/b10-9+. The molecule has 1 aromatic carbocycles. The van der Waals surface area contributed by atoms with Crippen LogP contribution >= 0.6 is 0 Å². The molecule has 10 heteroatoms. The van der Waals surface area contributed by atoms with Crippen LogP contribution in [-0.2, 0) is 20.9 Å². The Morgan fingerprint density at radius 1 is 1.19 bits per heavy atom. The number of benzene rings is 1. The highest BCUT2D eigenvalue weighted by molar-refractivity contribution is 5.96. The van der Waals surface area contributed by atoms with Gasteiger partial charge in [-0.1, -0.05) is 0 Å². The number of ether oxygens (including phenoxy) is 1. The Morgan fingerprint density at radius 2 is 1.94 bits per heavy atom. The molecule has 32 heavy (non-hydrogen) atoms. The third-order valence-corrected chi connectivity index (χ3v) is 4.41. The molecule has 0 unspecified atom stereocenters. The predicted molar refractivity (Wildman–Crippen MR) is 112 cm³/mol. The van der Waals surface area contributed by atoms with Crippen molar-refractivity contribution in [2.24, 2.45) is 0 Å². The van der Waals surface area contributed by atoms with Crippen LogP contribution in [0.3, 0.4) is 0 Å². The number of aromatic nitrogens is 2. The fourth-order valence-corrected chi connectivity index (χ4v) is 2.85. The number of hydrogen-bond donors (Lipinski definition) is 2. The molecule has 0 fully saturated rings. The number of rotatable bonds is 7. The molecule has 0 saturated heterocycles. The number of halogens is 1. The number of urea groups is 1. The fourth-order valence-electron chi connectivity index (χ4n) is 2.85. The number of carbonyl (C=O) groups is 3. The molecule has 3 rings (SSSR count). The summed E-state index contributed by atoms with van der Waals surface area (Å²) in [6.45, 7) is 3.07. The second-order valence-electron chi connectivity index (χ2n) is 6.72. The van der Waals surface area contributed by atoms with E-state index in [-0.39, 0.29) is 12.4 Å². The summed E-state index contributed by atoms with van der Waals surface area (Å²) in [5, 5.41) is 8.88. The number of esters is 1. The van der Waals surface area contributed by atoms with Gasteiger partial charge in [0.25, 0.3) is 5.91 Å². The van der Waals surface area contributed by atoms with E-state index in [9.17, 15) is 18.8 Å². The number of furan rings is 1. The van der Waals surface area contributed by atoms with E-state index in [1.807, 2.05) is 12.2 Å². The van der Waals surface area contributed by atoms with E-state index in [4.69, 9.17) is 9.15 Å². The summed E-state index contributed by atoms with van der Waals surface area (Å²) >= 11 is 0. The number of imide groups is 1. The van der Waals surface area contributed by atoms with Crippen LogP contribution in [0.15, 0.2) is 53.2 Å². The fraction of sp³-hybridized carbons (Fsp3) is 0.182. The lowest BCUT2D eigenvalue weighted by atomic mass is 10.2. The van der Waals surface area contributed by atoms with Crippen LogP contribution < -0.4 is 10.6 Å². The van der Waals surface area contributed by atoms with E-state index in [2.05, 4.69) is 10.4 Å². The minimum Gasteiger partial charge on any atom is -0.467 e. The number of hydrogen-bond acceptors (Lipinski definition) is 6. The van der Waals surface area contributed by atoms with Crippen LogP contribution in [0.4, 0.5) is 9.18 Å². The van der Waals surface area contributed by atoms with E-state index in [1.54, 1.807) is 35.9 Å². The largest absolute Gasteiger partial charge is 0.467 e. The van der Waals surface area contributed by atoms with Gasteiger partial charge in [0, 0.05) is 17.3 Å². The third kappa shape index (κ3) is 5.91. The molecule has 9 nitrogen and oxygen atoms in total. The molecule has 2 N–H and O–H groups in total. The van der Waals surface area contributed by atoms with Crippen LogP contribution in [-0.4, -0.2) is 34.3 Å². The van der Waals surface area contributed by atoms with E-state index >= 15 is 0 Å². The van der Waals surface area contributed by atoms with Gasteiger partial charge >= 0.3 is 12.0 Å². The van der Waals surface area contributed by atoms with Gasteiger partial charge in [-0.05, 0) is 56.3 Å². The summed E-state index contributed by atoms with van der Waals surface area (Å²) in [5.74, 6) is -1.36. The lowest BCUT2D eigenvalue weighted by Crippen LogP contribution is -2.41. The molecule has 0 spiro atoms. The molecule has 2 heterocycles. The van der Waals surface area contributed by atoms with Crippen molar-refractivity contribution < 1.29 is 27.9 Å². The van der Waals surface area contributed by atoms with Gasteiger partial charge in [-0.2, -0.15) is 5.10 Å². The van der Waals surface area contributed by atoms with Crippen LogP contribution in [0.2, 0.25) is 0 Å². The first-order valence-corrected chi connectivity index (χ1v) is 9.60. The number of nitrogens with zero attached hydrogens (tertiary/aromatic N) is 2. The van der Waals surface area contributed by atoms with Crippen molar-refractivity contribution >= 4 is 24.0 Å². The molecule has 0 aliphatic rings. The highest BCUT2D eigenvalue weighted by atomic mass is 19.1. The smallest absolute Gasteiger partial charge is 0.331 e. The topological polar surface area (TPSA) is 115 Å². The Balaban J connectivity index is 1.50. The van der Waals surface area contributed by atoms with Gasteiger partial charge in [0.1, 0.15) is 11.6 Å². The van der Waals surface area contributed by atoms with Crippen molar-refractivity contribution in [3.63, 3.8) is 0 Å². The lowest BCUT2D eigenvalue weighted by molar-refractivity contribution is -0.143. The van der Waals surface area contributed by atoms with Gasteiger partial charge in [0.2, 0.25) is 0 Å². The Morgan fingerprint density at radius 3 is 2.62 bits per heavy atom. The van der Waals surface area contributed by atoms with E-state index in [0.717, 1.165) is 11.8 Å². The predicted octanol–water partition coefficient (Wildman–Crippen LogP) is 2.80. The molecular formula is C22H21FN4O5. The monoisotopic (exact) mass is 440 g/mol. The molecule has 2 aromatic heterocycles. The van der Waals surface area contributed by atoms with Gasteiger partial charge in [-0.25, -0.2) is 18.7 Å². The number of aryl methyl sites for hydroxylation is 1.